The quantitative estimate of drug-likeness (QED) is 0.731. The van der Waals surface area contributed by atoms with Crippen molar-refractivity contribution >= 4 is 21.6 Å². The second kappa shape index (κ2) is 8.40. The van der Waals surface area contributed by atoms with Gasteiger partial charge in [0.1, 0.15) is 5.75 Å². The molecule has 2 aliphatic heterocycles. The Bertz CT molecular complexity index is 1030. The van der Waals surface area contributed by atoms with Gasteiger partial charge in [-0.2, -0.15) is 4.31 Å². The van der Waals surface area contributed by atoms with Crippen LogP contribution in [0.5, 0.6) is 5.75 Å². The number of rotatable bonds is 5. The van der Waals surface area contributed by atoms with E-state index in [4.69, 9.17) is 4.74 Å². The Kier molecular flexibility index (Phi) is 5.84. The van der Waals surface area contributed by atoms with Crippen LogP contribution in [0.1, 0.15) is 37.3 Å². The molecule has 2 aliphatic rings. The molecular formula is C23H28N2O4S. The van der Waals surface area contributed by atoms with Crippen molar-refractivity contribution in [2.75, 3.05) is 24.5 Å². The molecule has 0 aliphatic carbocycles. The number of hydrogen-bond acceptors (Lipinski definition) is 4. The lowest BCUT2D eigenvalue weighted by Gasteiger charge is -2.32. The van der Waals surface area contributed by atoms with Crippen LogP contribution in [-0.2, 0) is 21.2 Å². The molecule has 2 aromatic rings. The minimum absolute atomic E-state index is 0.119. The Hall–Kier alpha value is -2.38. The van der Waals surface area contributed by atoms with E-state index >= 15 is 0 Å². The summed E-state index contributed by atoms with van der Waals surface area (Å²) in [5, 5.41) is 0. The van der Waals surface area contributed by atoms with Gasteiger partial charge in [-0.3, -0.25) is 4.79 Å². The Morgan fingerprint density at radius 1 is 1.00 bits per heavy atom. The highest BCUT2D eigenvalue weighted by Crippen LogP contribution is 2.32. The van der Waals surface area contributed by atoms with Gasteiger partial charge in [-0.25, -0.2) is 8.42 Å². The number of fused-ring (bicyclic) bond motifs is 1. The summed E-state index contributed by atoms with van der Waals surface area (Å²) in [6.07, 6.45) is 2.74. The van der Waals surface area contributed by atoms with Crippen molar-refractivity contribution in [1.29, 1.82) is 0 Å². The SMILES string of the molecule is Cc1ccc(OC(C)C(=O)N2CCCc3cc(S(=O)(=O)N4CCCC4)ccc32)cc1. The van der Waals surface area contributed by atoms with Gasteiger partial charge in [-0.05, 0) is 75.4 Å². The number of anilines is 1. The highest BCUT2D eigenvalue weighted by atomic mass is 32.2. The molecule has 2 aromatic carbocycles. The molecule has 6 nitrogen and oxygen atoms in total. The molecule has 0 radical (unpaired) electrons. The van der Waals surface area contributed by atoms with E-state index < -0.39 is 16.1 Å². The van der Waals surface area contributed by atoms with E-state index in [9.17, 15) is 13.2 Å². The predicted molar refractivity (Wildman–Crippen MR) is 116 cm³/mol. The van der Waals surface area contributed by atoms with Crippen molar-refractivity contribution in [3.05, 3.63) is 53.6 Å². The average Bonchev–Trinajstić information content (AvgIpc) is 3.30. The zero-order valence-corrected chi connectivity index (χ0v) is 18.3. The van der Waals surface area contributed by atoms with Crippen LogP contribution in [0.2, 0.25) is 0 Å². The Labute approximate surface area is 178 Å². The topological polar surface area (TPSA) is 66.9 Å². The fraction of sp³-hybridized carbons (Fsp3) is 0.435. The first-order valence-electron chi connectivity index (χ1n) is 10.5. The molecule has 2 heterocycles. The van der Waals surface area contributed by atoms with Crippen molar-refractivity contribution in [2.24, 2.45) is 0 Å². The van der Waals surface area contributed by atoms with Gasteiger partial charge in [-0.1, -0.05) is 17.7 Å². The number of carbonyl (C=O) groups is 1. The molecule has 160 valence electrons. The summed E-state index contributed by atoms with van der Waals surface area (Å²) < 4.78 is 33.2. The van der Waals surface area contributed by atoms with Crippen LogP contribution in [-0.4, -0.2) is 44.4 Å². The summed E-state index contributed by atoms with van der Waals surface area (Å²) in [6, 6.07) is 12.8. The minimum Gasteiger partial charge on any atom is -0.481 e. The maximum atomic E-state index is 13.1. The molecule has 4 rings (SSSR count). The van der Waals surface area contributed by atoms with Crippen molar-refractivity contribution in [3.63, 3.8) is 0 Å². The van der Waals surface area contributed by atoms with Gasteiger partial charge >= 0.3 is 0 Å². The molecule has 7 heteroatoms. The number of carbonyl (C=O) groups excluding carboxylic acids is 1. The first kappa shape index (κ1) is 20.9. The molecule has 0 saturated carbocycles. The van der Waals surface area contributed by atoms with Crippen molar-refractivity contribution in [2.45, 2.75) is 50.5 Å². The maximum Gasteiger partial charge on any atom is 0.267 e. The van der Waals surface area contributed by atoms with E-state index in [2.05, 4.69) is 0 Å². The largest absolute Gasteiger partial charge is 0.481 e. The molecule has 1 atom stereocenters. The van der Waals surface area contributed by atoms with Crippen LogP contribution in [0.15, 0.2) is 47.4 Å². The van der Waals surface area contributed by atoms with Crippen LogP contribution in [0.4, 0.5) is 5.69 Å². The second-order valence-electron chi connectivity index (χ2n) is 8.07. The molecule has 1 saturated heterocycles. The van der Waals surface area contributed by atoms with Crippen molar-refractivity contribution in [3.8, 4) is 5.75 Å². The Morgan fingerprint density at radius 2 is 1.70 bits per heavy atom. The lowest BCUT2D eigenvalue weighted by molar-refractivity contribution is -0.124. The zero-order chi connectivity index (χ0) is 21.3. The summed E-state index contributed by atoms with van der Waals surface area (Å²) in [4.78, 5) is 15.1. The fourth-order valence-electron chi connectivity index (χ4n) is 4.13. The smallest absolute Gasteiger partial charge is 0.267 e. The van der Waals surface area contributed by atoms with Crippen LogP contribution < -0.4 is 9.64 Å². The molecule has 1 fully saturated rings. The number of amides is 1. The van der Waals surface area contributed by atoms with E-state index in [1.54, 1.807) is 34.3 Å². The third-order valence-corrected chi connectivity index (χ3v) is 7.71. The van der Waals surface area contributed by atoms with E-state index in [-0.39, 0.29) is 5.91 Å². The molecular weight excluding hydrogens is 400 g/mol. The van der Waals surface area contributed by atoms with Crippen LogP contribution in [0.25, 0.3) is 0 Å². The van der Waals surface area contributed by atoms with Crippen molar-refractivity contribution in [1.82, 2.24) is 4.31 Å². The maximum absolute atomic E-state index is 13.1. The highest BCUT2D eigenvalue weighted by Gasteiger charge is 2.31. The summed E-state index contributed by atoms with van der Waals surface area (Å²) in [5.74, 6) is 0.539. The van der Waals surface area contributed by atoms with E-state index in [0.29, 0.717) is 30.3 Å². The summed E-state index contributed by atoms with van der Waals surface area (Å²) in [6.45, 7) is 5.52. The van der Waals surface area contributed by atoms with Gasteiger partial charge in [0, 0.05) is 25.3 Å². The number of sulfonamides is 1. The summed E-state index contributed by atoms with van der Waals surface area (Å²) in [5.41, 5.74) is 2.81. The number of benzene rings is 2. The van der Waals surface area contributed by atoms with Gasteiger partial charge in [0.2, 0.25) is 10.0 Å². The standard InChI is InChI=1S/C23H28N2O4S/c1-17-7-9-20(10-8-17)29-18(2)23(26)25-15-5-6-19-16-21(11-12-22(19)25)30(27,28)24-13-3-4-14-24/h7-12,16,18H,3-6,13-15H2,1-2H3. The normalized spacial score (nSPS) is 18.1. The predicted octanol–water partition coefficient (Wildman–Crippen LogP) is 3.53. The molecule has 0 N–H and O–H groups in total. The Balaban J connectivity index is 1.54. The molecule has 1 unspecified atom stereocenters. The number of nitrogens with zero attached hydrogens (tertiary/aromatic N) is 2. The first-order chi connectivity index (χ1) is 14.4. The van der Waals surface area contributed by atoms with Crippen molar-refractivity contribution < 1.29 is 17.9 Å². The van der Waals surface area contributed by atoms with Crippen LogP contribution in [0, 0.1) is 6.92 Å². The van der Waals surface area contributed by atoms with E-state index in [0.717, 1.165) is 42.5 Å². The van der Waals surface area contributed by atoms with Crippen LogP contribution >= 0.6 is 0 Å². The fourth-order valence-corrected chi connectivity index (χ4v) is 5.70. The van der Waals surface area contributed by atoms with Gasteiger partial charge in [0.25, 0.3) is 5.91 Å². The van der Waals surface area contributed by atoms with E-state index in [1.165, 1.54) is 0 Å². The molecule has 0 spiro atoms. The second-order valence-corrected chi connectivity index (χ2v) is 10.0. The highest BCUT2D eigenvalue weighted by molar-refractivity contribution is 7.89. The average molecular weight is 429 g/mol. The molecule has 0 aromatic heterocycles. The third-order valence-electron chi connectivity index (χ3n) is 5.82. The lowest BCUT2D eigenvalue weighted by atomic mass is 10.0. The lowest BCUT2D eigenvalue weighted by Crippen LogP contribution is -2.43. The van der Waals surface area contributed by atoms with Gasteiger partial charge < -0.3 is 9.64 Å². The van der Waals surface area contributed by atoms with Crippen LogP contribution in [0.3, 0.4) is 0 Å². The minimum atomic E-state index is -3.47. The van der Waals surface area contributed by atoms with Gasteiger partial charge in [-0.15, -0.1) is 0 Å². The Morgan fingerprint density at radius 3 is 2.40 bits per heavy atom. The van der Waals surface area contributed by atoms with E-state index in [1.807, 2.05) is 31.2 Å². The number of ether oxygens (including phenoxy) is 1. The first-order valence-corrected chi connectivity index (χ1v) is 12.0. The number of aryl methyl sites for hydroxylation is 2. The summed E-state index contributed by atoms with van der Waals surface area (Å²) in [7, 11) is -3.47. The number of hydrogen-bond donors (Lipinski definition) is 0. The monoisotopic (exact) mass is 428 g/mol. The van der Waals surface area contributed by atoms with Gasteiger partial charge in [0.05, 0.1) is 4.90 Å². The summed E-state index contributed by atoms with van der Waals surface area (Å²) >= 11 is 0. The van der Waals surface area contributed by atoms with Gasteiger partial charge in [0.15, 0.2) is 6.10 Å². The third kappa shape index (κ3) is 4.09. The molecule has 30 heavy (non-hydrogen) atoms. The zero-order valence-electron chi connectivity index (χ0n) is 17.5. The molecule has 1 amide bonds. The molecule has 0 bridgehead atoms.